The van der Waals surface area contributed by atoms with Crippen molar-refractivity contribution in [1.29, 1.82) is 0 Å². The third kappa shape index (κ3) is 5.20. The Morgan fingerprint density at radius 1 is 1.12 bits per heavy atom. The normalized spacial score (nSPS) is 12.1. The lowest BCUT2D eigenvalue weighted by Gasteiger charge is -2.05. The lowest BCUT2D eigenvalue weighted by molar-refractivity contribution is -0.674. The summed E-state index contributed by atoms with van der Waals surface area (Å²) in [4.78, 5) is -0.201. The number of methoxy groups -OCH3 is 1. The van der Waals surface area contributed by atoms with Crippen LogP contribution in [0.3, 0.4) is 0 Å². The number of aryl methyl sites for hydroxylation is 1. The SMILES string of the molecule is COCCOCCOCC[n+]1c(C)sc2cc(S(=O)(=O)[O-])ccc21. The Labute approximate surface area is 145 Å². The van der Waals surface area contributed by atoms with Crippen LogP contribution in [0.1, 0.15) is 5.01 Å². The number of rotatable bonds is 10. The lowest BCUT2D eigenvalue weighted by Crippen LogP contribution is -2.37. The van der Waals surface area contributed by atoms with E-state index in [4.69, 9.17) is 14.2 Å². The van der Waals surface area contributed by atoms with Crippen molar-refractivity contribution in [3.8, 4) is 0 Å². The van der Waals surface area contributed by atoms with E-state index in [1.807, 2.05) is 11.5 Å². The van der Waals surface area contributed by atoms with E-state index in [0.717, 1.165) is 15.2 Å². The molecule has 134 valence electrons. The van der Waals surface area contributed by atoms with Gasteiger partial charge in [-0.2, -0.15) is 4.57 Å². The topological polar surface area (TPSA) is 88.8 Å². The molecule has 0 unspecified atom stereocenters. The predicted molar refractivity (Wildman–Crippen MR) is 88.2 cm³/mol. The Balaban J connectivity index is 1.91. The molecule has 24 heavy (non-hydrogen) atoms. The van der Waals surface area contributed by atoms with Crippen molar-refractivity contribution in [2.75, 3.05) is 40.1 Å². The zero-order chi connectivity index (χ0) is 17.6. The van der Waals surface area contributed by atoms with Crippen LogP contribution in [0.5, 0.6) is 0 Å². The number of ether oxygens (including phenoxy) is 3. The maximum Gasteiger partial charge on any atom is 0.235 e. The standard InChI is InChI=1S/C15H21NO6S2/c1-12-16(5-6-21-9-10-22-8-7-20-2)14-4-3-13(24(17,18)19)11-15(14)23-12/h3-4,11H,5-10H2,1-2H3. The third-order valence-electron chi connectivity index (χ3n) is 3.41. The Hall–Kier alpha value is -1.10. The fourth-order valence-electron chi connectivity index (χ4n) is 2.24. The number of hydrogen-bond donors (Lipinski definition) is 0. The first-order valence-electron chi connectivity index (χ1n) is 7.47. The van der Waals surface area contributed by atoms with Gasteiger partial charge in [0.15, 0.2) is 6.54 Å². The Bertz CT molecular complexity index is 772. The van der Waals surface area contributed by atoms with E-state index in [0.29, 0.717) is 39.6 Å². The molecular weight excluding hydrogens is 354 g/mol. The van der Waals surface area contributed by atoms with Crippen molar-refractivity contribution in [2.45, 2.75) is 18.4 Å². The predicted octanol–water partition coefficient (Wildman–Crippen LogP) is 1.08. The molecule has 0 aliphatic rings. The first-order valence-corrected chi connectivity index (χ1v) is 9.69. The molecule has 0 bridgehead atoms. The quantitative estimate of drug-likeness (QED) is 0.351. The number of nitrogens with zero attached hydrogens (tertiary/aromatic N) is 1. The number of aromatic nitrogens is 1. The highest BCUT2D eigenvalue weighted by Crippen LogP contribution is 2.23. The molecule has 0 amide bonds. The molecule has 2 aromatic rings. The summed E-state index contributed by atoms with van der Waals surface area (Å²) in [6, 6.07) is 4.44. The Kier molecular flexibility index (Phi) is 7.08. The van der Waals surface area contributed by atoms with Crippen molar-refractivity contribution >= 4 is 31.7 Å². The summed E-state index contributed by atoms with van der Waals surface area (Å²) < 4.78 is 51.9. The highest BCUT2D eigenvalue weighted by molar-refractivity contribution is 7.85. The van der Waals surface area contributed by atoms with Gasteiger partial charge in [-0.05, 0) is 12.1 Å². The molecule has 9 heteroatoms. The van der Waals surface area contributed by atoms with Crippen LogP contribution >= 0.6 is 11.3 Å². The second kappa shape index (κ2) is 8.84. The number of hydrogen-bond acceptors (Lipinski definition) is 7. The summed E-state index contributed by atoms with van der Waals surface area (Å²) in [7, 11) is -2.81. The van der Waals surface area contributed by atoms with E-state index in [1.54, 1.807) is 13.2 Å². The second-order valence-electron chi connectivity index (χ2n) is 5.07. The van der Waals surface area contributed by atoms with E-state index >= 15 is 0 Å². The summed E-state index contributed by atoms with van der Waals surface area (Å²) >= 11 is 1.45. The number of benzene rings is 1. The highest BCUT2D eigenvalue weighted by Gasteiger charge is 2.18. The second-order valence-corrected chi connectivity index (χ2v) is 7.69. The van der Waals surface area contributed by atoms with Gasteiger partial charge in [0.1, 0.15) is 21.4 Å². The van der Waals surface area contributed by atoms with Crippen LogP contribution in [0.2, 0.25) is 0 Å². The van der Waals surface area contributed by atoms with Crippen molar-refractivity contribution < 1.29 is 31.7 Å². The van der Waals surface area contributed by atoms with Gasteiger partial charge in [-0.3, -0.25) is 0 Å². The van der Waals surface area contributed by atoms with Crippen LogP contribution in [0.4, 0.5) is 0 Å². The number of fused-ring (bicyclic) bond motifs is 1. The van der Waals surface area contributed by atoms with E-state index in [1.165, 1.54) is 23.5 Å². The van der Waals surface area contributed by atoms with Crippen LogP contribution in [0, 0.1) is 6.92 Å². The summed E-state index contributed by atoms with van der Waals surface area (Å²) in [5.74, 6) is 0. The Morgan fingerprint density at radius 3 is 2.46 bits per heavy atom. The van der Waals surface area contributed by atoms with Crippen LogP contribution in [0.15, 0.2) is 23.1 Å². The van der Waals surface area contributed by atoms with Gasteiger partial charge in [-0.15, -0.1) is 0 Å². The van der Waals surface area contributed by atoms with Crippen molar-refractivity contribution in [3.05, 3.63) is 23.2 Å². The summed E-state index contributed by atoms with van der Waals surface area (Å²) in [5, 5.41) is 1.02. The smallest absolute Gasteiger partial charge is 0.235 e. The molecule has 0 aliphatic heterocycles. The van der Waals surface area contributed by atoms with Crippen LogP contribution in [0.25, 0.3) is 10.2 Å². The summed E-state index contributed by atoms with van der Waals surface area (Å²) in [6.45, 7) is 5.25. The Morgan fingerprint density at radius 2 is 1.79 bits per heavy atom. The van der Waals surface area contributed by atoms with Gasteiger partial charge < -0.3 is 18.8 Å². The molecule has 1 aromatic heterocycles. The molecule has 7 nitrogen and oxygen atoms in total. The van der Waals surface area contributed by atoms with Gasteiger partial charge in [-0.1, -0.05) is 11.3 Å². The minimum Gasteiger partial charge on any atom is -0.744 e. The maximum absolute atomic E-state index is 11.1. The minimum atomic E-state index is -4.43. The first-order chi connectivity index (χ1) is 11.4. The largest absolute Gasteiger partial charge is 0.744 e. The minimum absolute atomic E-state index is 0.201. The fraction of sp³-hybridized carbons (Fsp3) is 0.533. The van der Waals surface area contributed by atoms with Gasteiger partial charge in [0, 0.05) is 20.1 Å². The van der Waals surface area contributed by atoms with Gasteiger partial charge in [-0.25, -0.2) is 8.42 Å². The third-order valence-corrected chi connectivity index (χ3v) is 5.31. The molecule has 1 heterocycles. The van der Waals surface area contributed by atoms with E-state index in [-0.39, 0.29) is 4.90 Å². The number of thiazole rings is 1. The molecule has 0 saturated carbocycles. The molecule has 0 atom stereocenters. The molecule has 1 aromatic carbocycles. The maximum atomic E-state index is 11.1. The van der Waals surface area contributed by atoms with E-state index in [9.17, 15) is 13.0 Å². The van der Waals surface area contributed by atoms with Gasteiger partial charge in [0.2, 0.25) is 10.5 Å². The van der Waals surface area contributed by atoms with E-state index < -0.39 is 10.1 Å². The van der Waals surface area contributed by atoms with Crippen LogP contribution < -0.4 is 4.57 Å². The molecule has 2 rings (SSSR count). The molecule has 0 spiro atoms. The molecule has 0 fully saturated rings. The van der Waals surface area contributed by atoms with Gasteiger partial charge in [0.05, 0.1) is 31.3 Å². The fourth-order valence-corrected chi connectivity index (χ4v) is 3.89. The molecule has 0 N–H and O–H groups in total. The monoisotopic (exact) mass is 375 g/mol. The average molecular weight is 375 g/mol. The lowest BCUT2D eigenvalue weighted by atomic mass is 10.3. The van der Waals surface area contributed by atoms with Crippen molar-refractivity contribution in [3.63, 3.8) is 0 Å². The van der Waals surface area contributed by atoms with Crippen molar-refractivity contribution in [2.24, 2.45) is 0 Å². The molecule has 0 radical (unpaired) electrons. The van der Waals surface area contributed by atoms with Crippen LogP contribution in [-0.4, -0.2) is 53.1 Å². The molecule has 0 aliphatic carbocycles. The van der Waals surface area contributed by atoms with Crippen LogP contribution in [-0.2, 0) is 30.9 Å². The average Bonchev–Trinajstić information content (AvgIpc) is 2.84. The highest BCUT2D eigenvalue weighted by atomic mass is 32.2. The van der Waals surface area contributed by atoms with E-state index in [2.05, 4.69) is 0 Å². The summed E-state index contributed by atoms with van der Waals surface area (Å²) in [6.07, 6.45) is 0. The molecule has 0 saturated heterocycles. The molecular formula is C15H21NO6S2. The van der Waals surface area contributed by atoms with Gasteiger partial charge in [0.25, 0.3) is 0 Å². The zero-order valence-corrected chi connectivity index (χ0v) is 15.3. The van der Waals surface area contributed by atoms with Crippen molar-refractivity contribution in [1.82, 2.24) is 0 Å². The first kappa shape index (κ1) is 19.2. The van der Waals surface area contributed by atoms with Gasteiger partial charge >= 0.3 is 0 Å². The summed E-state index contributed by atoms with van der Waals surface area (Å²) in [5.41, 5.74) is 0.893. The zero-order valence-electron chi connectivity index (χ0n) is 13.7.